The molecule has 0 spiro atoms. The van der Waals surface area contributed by atoms with E-state index in [4.69, 9.17) is 9.47 Å². The molecule has 0 radical (unpaired) electrons. The van der Waals surface area contributed by atoms with Crippen molar-refractivity contribution in [1.82, 2.24) is 14.9 Å². The van der Waals surface area contributed by atoms with E-state index in [0.29, 0.717) is 22.4 Å². The Kier molecular flexibility index (Phi) is 5.20. The molecular weight excluding hydrogens is 298 g/mol. The number of benzene rings is 1. The van der Waals surface area contributed by atoms with Gasteiger partial charge in [0.1, 0.15) is 0 Å². The summed E-state index contributed by atoms with van der Waals surface area (Å²) in [6, 6.07) is 3.34. The molecule has 1 aromatic carbocycles. The highest BCUT2D eigenvalue weighted by Crippen LogP contribution is 2.29. The van der Waals surface area contributed by atoms with Crippen LogP contribution in [0.25, 0.3) is 10.9 Å². The zero-order valence-corrected chi connectivity index (χ0v) is 13.8. The third kappa shape index (κ3) is 3.80. The number of carbonyl (C=O) groups excluding carboxylic acids is 1. The van der Waals surface area contributed by atoms with E-state index in [0.717, 1.165) is 0 Å². The molecule has 0 fully saturated rings. The Bertz CT molecular complexity index is 768. The highest BCUT2D eigenvalue weighted by molar-refractivity contribution is 5.81. The summed E-state index contributed by atoms with van der Waals surface area (Å²) in [6.45, 7) is 4.05. The number of nitrogens with one attached hydrogen (secondary N) is 1. The van der Waals surface area contributed by atoms with Gasteiger partial charge in [0.25, 0.3) is 5.56 Å². The van der Waals surface area contributed by atoms with Crippen LogP contribution in [0.2, 0.25) is 0 Å². The molecule has 0 aliphatic carbocycles. The van der Waals surface area contributed by atoms with Crippen LogP contribution in [-0.2, 0) is 11.3 Å². The van der Waals surface area contributed by atoms with Gasteiger partial charge in [-0.15, -0.1) is 0 Å². The first kappa shape index (κ1) is 16.8. The lowest BCUT2D eigenvalue weighted by atomic mass is 10.2. The average molecular weight is 319 g/mol. The average Bonchev–Trinajstić information content (AvgIpc) is 2.52. The van der Waals surface area contributed by atoms with Crippen molar-refractivity contribution in [3.05, 3.63) is 28.8 Å². The van der Waals surface area contributed by atoms with Crippen LogP contribution in [0.5, 0.6) is 11.5 Å². The van der Waals surface area contributed by atoms with Gasteiger partial charge in [0.15, 0.2) is 11.5 Å². The van der Waals surface area contributed by atoms with Crippen LogP contribution in [0, 0.1) is 0 Å². The fourth-order valence-electron chi connectivity index (χ4n) is 2.26. The lowest BCUT2D eigenvalue weighted by Crippen LogP contribution is -2.32. The van der Waals surface area contributed by atoms with Crippen LogP contribution >= 0.6 is 0 Å². The van der Waals surface area contributed by atoms with E-state index in [1.165, 1.54) is 25.1 Å². The molecule has 0 atom stereocenters. The molecular formula is C16H21N3O4. The molecule has 7 nitrogen and oxygen atoms in total. The van der Waals surface area contributed by atoms with Crippen molar-refractivity contribution >= 4 is 16.8 Å². The summed E-state index contributed by atoms with van der Waals surface area (Å²) in [7, 11) is 3.03. The number of hydrogen-bond acceptors (Lipinski definition) is 5. The number of hydrogen-bond donors (Lipinski definition) is 1. The molecule has 2 rings (SSSR count). The SMILES string of the molecule is COc1cc2ncn(CCC(=O)NC(C)C)c(=O)c2cc1OC. The number of aryl methyl sites for hydroxylation is 1. The van der Waals surface area contributed by atoms with E-state index in [2.05, 4.69) is 10.3 Å². The van der Waals surface area contributed by atoms with Gasteiger partial charge in [0.2, 0.25) is 5.91 Å². The smallest absolute Gasteiger partial charge is 0.261 e. The second-order valence-electron chi connectivity index (χ2n) is 5.44. The molecule has 0 aliphatic rings. The quantitative estimate of drug-likeness (QED) is 0.868. The maximum atomic E-state index is 12.5. The van der Waals surface area contributed by atoms with Crippen LogP contribution in [0.4, 0.5) is 0 Å². The van der Waals surface area contributed by atoms with Crippen molar-refractivity contribution in [1.29, 1.82) is 0 Å². The number of amides is 1. The van der Waals surface area contributed by atoms with Crippen molar-refractivity contribution in [2.45, 2.75) is 32.9 Å². The van der Waals surface area contributed by atoms with Crippen LogP contribution in [0.15, 0.2) is 23.3 Å². The van der Waals surface area contributed by atoms with E-state index < -0.39 is 0 Å². The third-order valence-corrected chi connectivity index (χ3v) is 3.36. The van der Waals surface area contributed by atoms with Crippen molar-refractivity contribution in [3.8, 4) is 11.5 Å². The van der Waals surface area contributed by atoms with E-state index in [1.54, 1.807) is 12.1 Å². The van der Waals surface area contributed by atoms with Gasteiger partial charge in [0, 0.05) is 25.1 Å². The molecule has 1 N–H and O–H groups in total. The summed E-state index contributed by atoms with van der Waals surface area (Å²) in [5.74, 6) is 0.884. The van der Waals surface area contributed by atoms with Gasteiger partial charge in [-0.25, -0.2) is 4.98 Å². The molecule has 2 aromatic rings. The summed E-state index contributed by atoms with van der Waals surface area (Å²) < 4.78 is 11.8. The molecule has 0 saturated heterocycles. The minimum Gasteiger partial charge on any atom is -0.493 e. The summed E-state index contributed by atoms with van der Waals surface area (Å²) in [4.78, 5) is 28.5. The van der Waals surface area contributed by atoms with Gasteiger partial charge < -0.3 is 14.8 Å². The van der Waals surface area contributed by atoms with Gasteiger partial charge in [0.05, 0.1) is 31.4 Å². The lowest BCUT2D eigenvalue weighted by Gasteiger charge is -2.11. The minimum absolute atomic E-state index is 0.0747. The van der Waals surface area contributed by atoms with Crippen molar-refractivity contribution in [3.63, 3.8) is 0 Å². The topological polar surface area (TPSA) is 82.5 Å². The van der Waals surface area contributed by atoms with Crippen molar-refractivity contribution in [2.24, 2.45) is 0 Å². The second-order valence-corrected chi connectivity index (χ2v) is 5.44. The zero-order valence-electron chi connectivity index (χ0n) is 13.8. The highest BCUT2D eigenvalue weighted by Gasteiger charge is 2.12. The van der Waals surface area contributed by atoms with E-state index in [9.17, 15) is 9.59 Å². The molecule has 0 unspecified atom stereocenters. The second kappa shape index (κ2) is 7.13. The van der Waals surface area contributed by atoms with Gasteiger partial charge in [-0.05, 0) is 19.9 Å². The fourth-order valence-corrected chi connectivity index (χ4v) is 2.26. The Morgan fingerprint density at radius 3 is 2.52 bits per heavy atom. The number of aromatic nitrogens is 2. The maximum Gasteiger partial charge on any atom is 0.261 e. The van der Waals surface area contributed by atoms with Crippen LogP contribution in [-0.4, -0.2) is 35.7 Å². The molecule has 0 aliphatic heterocycles. The number of methoxy groups -OCH3 is 2. The summed E-state index contributed by atoms with van der Waals surface area (Å²) >= 11 is 0. The molecule has 1 heterocycles. The van der Waals surface area contributed by atoms with E-state index in [-0.39, 0.29) is 30.5 Å². The highest BCUT2D eigenvalue weighted by atomic mass is 16.5. The first-order chi connectivity index (χ1) is 11.0. The Labute approximate surface area is 134 Å². The van der Waals surface area contributed by atoms with E-state index in [1.807, 2.05) is 13.8 Å². The molecule has 1 aromatic heterocycles. The summed E-state index contributed by atoms with van der Waals surface area (Å²) in [5, 5.41) is 3.22. The molecule has 0 saturated carbocycles. The first-order valence-corrected chi connectivity index (χ1v) is 7.36. The zero-order chi connectivity index (χ0) is 17.0. The first-order valence-electron chi connectivity index (χ1n) is 7.36. The van der Waals surface area contributed by atoms with Gasteiger partial charge >= 0.3 is 0 Å². The predicted octanol–water partition coefficient (Wildman–Crippen LogP) is 1.33. The molecule has 0 bridgehead atoms. The van der Waals surface area contributed by atoms with Crippen molar-refractivity contribution in [2.75, 3.05) is 14.2 Å². The van der Waals surface area contributed by atoms with Crippen LogP contribution in [0.1, 0.15) is 20.3 Å². The number of fused-ring (bicyclic) bond motifs is 1. The molecule has 124 valence electrons. The molecule has 23 heavy (non-hydrogen) atoms. The van der Waals surface area contributed by atoms with Gasteiger partial charge in [-0.2, -0.15) is 0 Å². The Hall–Kier alpha value is -2.57. The number of ether oxygens (including phenoxy) is 2. The monoisotopic (exact) mass is 319 g/mol. The molecule has 1 amide bonds. The van der Waals surface area contributed by atoms with Gasteiger partial charge in [-0.3, -0.25) is 14.2 Å². The summed E-state index contributed by atoms with van der Waals surface area (Å²) in [6.07, 6.45) is 1.66. The number of carbonyl (C=O) groups is 1. The maximum absolute atomic E-state index is 12.5. The molecule has 7 heteroatoms. The standard InChI is InChI=1S/C16H21N3O4/c1-10(2)18-15(20)5-6-19-9-17-12-8-14(23-4)13(22-3)7-11(12)16(19)21/h7-10H,5-6H2,1-4H3,(H,18,20). The lowest BCUT2D eigenvalue weighted by molar-refractivity contribution is -0.121. The minimum atomic E-state index is -0.215. The predicted molar refractivity (Wildman–Crippen MR) is 87.0 cm³/mol. The van der Waals surface area contributed by atoms with Crippen LogP contribution < -0.4 is 20.3 Å². The third-order valence-electron chi connectivity index (χ3n) is 3.36. The van der Waals surface area contributed by atoms with Gasteiger partial charge in [-0.1, -0.05) is 0 Å². The fraction of sp³-hybridized carbons (Fsp3) is 0.438. The van der Waals surface area contributed by atoms with E-state index >= 15 is 0 Å². The normalized spacial score (nSPS) is 10.8. The van der Waals surface area contributed by atoms with Crippen LogP contribution in [0.3, 0.4) is 0 Å². The Morgan fingerprint density at radius 2 is 1.91 bits per heavy atom. The number of rotatable bonds is 6. The number of nitrogens with zero attached hydrogens (tertiary/aromatic N) is 2. The Morgan fingerprint density at radius 1 is 1.26 bits per heavy atom. The summed E-state index contributed by atoms with van der Waals surface area (Å²) in [5.41, 5.74) is 0.309. The largest absolute Gasteiger partial charge is 0.493 e. The van der Waals surface area contributed by atoms with Crippen molar-refractivity contribution < 1.29 is 14.3 Å². The Balaban J connectivity index is 2.31.